The molecular formula is C13H16N4OS. The summed E-state index contributed by atoms with van der Waals surface area (Å²) in [5.74, 6) is 0. The molecule has 1 aliphatic heterocycles. The van der Waals surface area contributed by atoms with Crippen molar-refractivity contribution in [2.45, 2.75) is 6.42 Å². The molecule has 2 aromatic rings. The Morgan fingerprint density at radius 2 is 1.89 bits per heavy atom. The van der Waals surface area contributed by atoms with Crippen LogP contribution in [0.4, 0.5) is 10.8 Å². The molecule has 2 N–H and O–H groups in total. The Labute approximate surface area is 116 Å². The van der Waals surface area contributed by atoms with Gasteiger partial charge in [-0.1, -0.05) is 23.5 Å². The molecule has 0 atom stereocenters. The number of benzene rings is 1. The SMILES string of the molecule is Nc1ccc(Cc2nnc(N3CCOCC3)s2)cc1. The van der Waals surface area contributed by atoms with Gasteiger partial charge in [0.2, 0.25) is 5.13 Å². The number of hydrogen-bond acceptors (Lipinski definition) is 6. The van der Waals surface area contributed by atoms with Crippen LogP contribution < -0.4 is 10.6 Å². The highest BCUT2D eigenvalue weighted by molar-refractivity contribution is 7.15. The third-order valence-electron chi connectivity index (χ3n) is 3.07. The quantitative estimate of drug-likeness (QED) is 0.862. The smallest absolute Gasteiger partial charge is 0.208 e. The fourth-order valence-electron chi connectivity index (χ4n) is 2.01. The van der Waals surface area contributed by atoms with Gasteiger partial charge < -0.3 is 15.4 Å². The summed E-state index contributed by atoms with van der Waals surface area (Å²) in [7, 11) is 0. The van der Waals surface area contributed by atoms with E-state index in [1.807, 2.05) is 24.3 Å². The summed E-state index contributed by atoms with van der Waals surface area (Å²) in [6.45, 7) is 3.34. The van der Waals surface area contributed by atoms with Crippen LogP contribution in [-0.2, 0) is 11.2 Å². The Bertz CT molecular complexity index is 534. The highest BCUT2D eigenvalue weighted by atomic mass is 32.1. The molecular weight excluding hydrogens is 260 g/mol. The van der Waals surface area contributed by atoms with Crippen LogP contribution in [0.3, 0.4) is 0 Å². The minimum Gasteiger partial charge on any atom is -0.399 e. The summed E-state index contributed by atoms with van der Waals surface area (Å²) >= 11 is 1.66. The number of nitrogens with two attached hydrogens (primary N) is 1. The molecule has 0 spiro atoms. The zero-order chi connectivity index (χ0) is 13.1. The molecule has 1 aromatic carbocycles. The average molecular weight is 276 g/mol. The molecule has 0 aliphatic carbocycles. The van der Waals surface area contributed by atoms with Gasteiger partial charge in [0.1, 0.15) is 5.01 Å². The van der Waals surface area contributed by atoms with Crippen molar-refractivity contribution >= 4 is 22.2 Å². The molecule has 1 aromatic heterocycles. The number of rotatable bonds is 3. The van der Waals surface area contributed by atoms with Crippen LogP contribution in [0.15, 0.2) is 24.3 Å². The molecule has 3 rings (SSSR count). The molecule has 100 valence electrons. The maximum Gasteiger partial charge on any atom is 0.208 e. The van der Waals surface area contributed by atoms with E-state index in [2.05, 4.69) is 15.1 Å². The van der Waals surface area contributed by atoms with E-state index in [1.165, 1.54) is 5.56 Å². The number of ether oxygens (including phenoxy) is 1. The van der Waals surface area contributed by atoms with Crippen molar-refractivity contribution in [1.82, 2.24) is 10.2 Å². The number of hydrogen-bond donors (Lipinski definition) is 1. The Morgan fingerprint density at radius 1 is 1.16 bits per heavy atom. The topological polar surface area (TPSA) is 64.3 Å². The van der Waals surface area contributed by atoms with Gasteiger partial charge in [0, 0.05) is 25.2 Å². The standard InChI is InChI=1S/C13H16N4OS/c14-11-3-1-10(2-4-11)9-12-15-16-13(19-12)17-5-7-18-8-6-17/h1-4H,5-9,14H2. The zero-order valence-corrected chi connectivity index (χ0v) is 11.4. The zero-order valence-electron chi connectivity index (χ0n) is 10.6. The third-order valence-corrected chi connectivity index (χ3v) is 4.06. The van der Waals surface area contributed by atoms with Gasteiger partial charge in [0.05, 0.1) is 13.2 Å². The van der Waals surface area contributed by atoms with Gasteiger partial charge in [0.25, 0.3) is 0 Å². The van der Waals surface area contributed by atoms with E-state index in [4.69, 9.17) is 10.5 Å². The van der Waals surface area contributed by atoms with Gasteiger partial charge in [-0.3, -0.25) is 0 Å². The highest BCUT2D eigenvalue weighted by Gasteiger charge is 2.15. The van der Waals surface area contributed by atoms with Crippen molar-refractivity contribution in [3.63, 3.8) is 0 Å². The van der Waals surface area contributed by atoms with E-state index in [9.17, 15) is 0 Å². The average Bonchev–Trinajstić information content (AvgIpc) is 2.91. The molecule has 0 radical (unpaired) electrons. The number of nitrogen functional groups attached to an aromatic ring is 1. The van der Waals surface area contributed by atoms with Crippen molar-refractivity contribution in [3.8, 4) is 0 Å². The summed E-state index contributed by atoms with van der Waals surface area (Å²) in [4.78, 5) is 2.23. The number of nitrogens with zero attached hydrogens (tertiary/aromatic N) is 3. The Hall–Kier alpha value is -1.66. The molecule has 6 heteroatoms. The summed E-state index contributed by atoms with van der Waals surface area (Å²) in [5, 5.41) is 10.6. The lowest BCUT2D eigenvalue weighted by Gasteiger charge is -2.25. The summed E-state index contributed by atoms with van der Waals surface area (Å²) in [6, 6.07) is 7.90. The van der Waals surface area contributed by atoms with Crippen LogP contribution >= 0.6 is 11.3 Å². The Balaban J connectivity index is 1.68. The molecule has 1 aliphatic rings. The van der Waals surface area contributed by atoms with E-state index in [0.29, 0.717) is 0 Å². The van der Waals surface area contributed by atoms with Crippen molar-refractivity contribution in [3.05, 3.63) is 34.8 Å². The molecule has 0 bridgehead atoms. The van der Waals surface area contributed by atoms with E-state index in [-0.39, 0.29) is 0 Å². The predicted octanol–water partition coefficient (Wildman–Crippen LogP) is 1.55. The van der Waals surface area contributed by atoms with Gasteiger partial charge in [-0.2, -0.15) is 0 Å². The maximum absolute atomic E-state index is 5.68. The van der Waals surface area contributed by atoms with Crippen molar-refractivity contribution in [1.29, 1.82) is 0 Å². The summed E-state index contributed by atoms with van der Waals surface area (Å²) < 4.78 is 5.34. The van der Waals surface area contributed by atoms with Crippen LogP contribution in [0, 0.1) is 0 Å². The lowest BCUT2D eigenvalue weighted by atomic mass is 10.1. The molecule has 0 saturated carbocycles. The fraction of sp³-hybridized carbons (Fsp3) is 0.385. The first-order valence-corrected chi connectivity index (χ1v) is 7.12. The van der Waals surface area contributed by atoms with Gasteiger partial charge in [-0.15, -0.1) is 10.2 Å². The van der Waals surface area contributed by atoms with Gasteiger partial charge in [0.15, 0.2) is 0 Å². The normalized spacial score (nSPS) is 15.7. The lowest BCUT2D eigenvalue weighted by molar-refractivity contribution is 0.122. The second-order valence-electron chi connectivity index (χ2n) is 4.50. The molecule has 19 heavy (non-hydrogen) atoms. The van der Waals surface area contributed by atoms with Crippen molar-refractivity contribution in [2.24, 2.45) is 0 Å². The molecule has 1 fully saturated rings. The first kappa shape index (κ1) is 12.4. The van der Waals surface area contributed by atoms with Gasteiger partial charge >= 0.3 is 0 Å². The van der Waals surface area contributed by atoms with Crippen LogP contribution in [0.5, 0.6) is 0 Å². The second-order valence-corrected chi connectivity index (χ2v) is 5.54. The van der Waals surface area contributed by atoms with Crippen LogP contribution in [0.25, 0.3) is 0 Å². The molecule has 2 heterocycles. The first-order valence-electron chi connectivity index (χ1n) is 6.31. The lowest BCUT2D eigenvalue weighted by Crippen LogP contribution is -2.36. The monoisotopic (exact) mass is 276 g/mol. The predicted molar refractivity (Wildman–Crippen MR) is 76.6 cm³/mol. The molecule has 1 saturated heterocycles. The summed E-state index contributed by atoms with van der Waals surface area (Å²) in [5.41, 5.74) is 7.67. The van der Waals surface area contributed by atoms with Crippen LogP contribution in [0.1, 0.15) is 10.6 Å². The highest BCUT2D eigenvalue weighted by Crippen LogP contribution is 2.23. The van der Waals surface area contributed by atoms with Gasteiger partial charge in [-0.25, -0.2) is 0 Å². The molecule has 5 nitrogen and oxygen atoms in total. The largest absolute Gasteiger partial charge is 0.399 e. The fourth-order valence-corrected chi connectivity index (χ4v) is 2.93. The van der Waals surface area contributed by atoms with E-state index >= 15 is 0 Å². The maximum atomic E-state index is 5.68. The number of anilines is 2. The Morgan fingerprint density at radius 3 is 2.63 bits per heavy atom. The summed E-state index contributed by atoms with van der Waals surface area (Å²) in [6.07, 6.45) is 0.808. The molecule has 0 unspecified atom stereocenters. The van der Waals surface area contributed by atoms with Crippen LogP contribution in [-0.4, -0.2) is 36.5 Å². The van der Waals surface area contributed by atoms with E-state index < -0.39 is 0 Å². The minimum atomic E-state index is 0.771. The first-order chi connectivity index (χ1) is 9.31. The van der Waals surface area contributed by atoms with E-state index in [0.717, 1.165) is 48.6 Å². The number of morpholine rings is 1. The van der Waals surface area contributed by atoms with Crippen molar-refractivity contribution < 1.29 is 4.74 Å². The van der Waals surface area contributed by atoms with Crippen molar-refractivity contribution in [2.75, 3.05) is 36.9 Å². The van der Waals surface area contributed by atoms with E-state index in [1.54, 1.807) is 11.3 Å². The Kier molecular flexibility index (Phi) is 3.61. The minimum absolute atomic E-state index is 0.771. The number of aromatic nitrogens is 2. The third kappa shape index (κ3) is 3.02. The van der Waals surface area contributed by atoms with Gasteiger partial charge in [-0.05, 0) is 17.7 Å². The molecule has 0 amide bonds. The second kappa shape index (κ2) is 5.54. The van der Waals surface area contributed by atoms with Crippen LogP contribution in [0.2, 0.25) is 0 Å².